The maximum absolute atomic E-state index is 9.09. The van der Waals surface area contributed by atoms with Gasteiger partial charge in [0.2, 0.25) is 0 Å². The Bertz CT molecular complexity index is 310. The number of aryl methyl sites for hydroxylation is 1. The highest BCUT2D eigenvalue weighted by Gasteiger charge is 2.26. The molecule has 76 valence electrons. The molecule has 14 heavy (non-hydrogen) atoms. The van der Waals surface area contributed by atoms with Gasteiger partial charge in [-0.25, -0.2) is 9.97 Å². The van der Waals surface area contributed by atoms with E-state index in [4.69, 9.17) is 5.11 Å². The predicted molar refractivity (Wildman–Crippen MR) is 52.6 cm³/mol. The van der Waals surface area contributed by atoms with Gasteiger partial charge in [0.15, 0.2) is 0 Å². The highest BCUT2D eigenvalue weighted by molar-refractivity contribution is 5.01. The summed E-state index contributed by atoms with van der Waals surface area (Å²) in [5, 5.41) is 12.4. The molecular formula is C10H15N3O. The van der Waals surface area contributed by atoms with E-state index in [0.717, 1.165) is 30.9 Å². The van der Waals surface area contributed by atoms with Crippen molar-refractivity contribution in [3.8, 4) is 0 Å². The third-order valence-electron chi connectivity index (χ3n) is 2.52. The average Bonchev–Trinajstić information content (AvgIpc) is 2.11. The molecule has 4 nitrogen and oxygen atoms in total. The Morgan fingerprint density at radius 2 is 2.36 bits per heavy atom. The van der Waals surface area contributed by atoms with Crippen molar-refractivity contribution in [3.05, 3.63) is 23.8 Å². The fraction of sp³-hybridized carbons (Fsp3) is 0.600. The number of aliphatic hydroxyl groups is 1. The molecule has 2 rings (SSSR count). The number of nitrogens with one attached hydrogen (secondary N) is 1. The van der Waals surface area contributed by atoms with Crippen LogP contribution in [-0.4, -0.2) is 27.2 Å². The zero-order valence-corrected chi connectivity index (χ0v) is 8.27. The Labute approximate surface area is 83.4 Å². The molecule has 0 atom stereocenters. The van der Waals surface area contributed by atoms with Gasteiger partial charge in [0.05, 0.1) is 11.8 Å². The van der Waals surface area contributed by atoms with Gasteiger partial charge in [-0.1, -0.05) is 0 Å². The van der Waals surface area contributed by atoms with Crippen molar-refractivity contribution in [2.24, 2.45) is 0 Å². The topological polar surface area (TPSA) is 58.0 Å². The van der Waals surface area contributed by atoms with Gasteiger partial charge in [-0.15, -0.1) is 0 Å². The maximum atomic E-state index is 9.09. The maximum Gasteiger partial charge on any atom is 0.125 e. The summed E-state index contributed by atoms with van der Waals surface area (Å²) in [6.07, 6.45) is 3.41. The van der Waals surface area contributed by atoms with Crippen LogP contribution in [0.4, 0.5) is 0 Å². The van der Waals surface area contributed by atoms with Crippen molar-refractivity contribution in [2.75, 3.05) is 0 Å². The number of aliphatic hydroxyl groups excluding tert-OH is 1. The first-order valence-electron chi connectivity index (χ1n) is 4.94. The van der Waals surface area contributed by atoms with Crippen LogP contribution in [0.15, 0.2) is 12.3 Å². The molecule has 0 radical (unpaired) electrons. The van der Waals surface area contributed by atoms with Crippen LogP contribution < -0.4 is 5.32 Å². The molecule has 0 amide bonds. The van der Waals surface area contributed by atoms with E-state index in [1.165, 1.54) is 0 Å². The molecule has 4 heteroatoms. The SMILES string of the molecule is Cc1nccc(CNC2CC(O)C2)n1. The largest absolute Gasteiger partial charge is 0.393 e. The zero-order chi connectivity index (χ0) is 9.97. The van der Waals surface area contributed by atoms with E-state index >= 15 is 0 Å². The van der Waals surface area contributed by atoms with E-state index in [1.807, 2.05) is 13.0 Å². The Morgan fingerprint density at radius 1 is 1.57 bits per heavy atom. The lowest BCUT2D eigenvalue weighted by Crippen LogP contribution is -2.43. The first-order valence-corrected chi connectivity index (χ1v) is 4.94. The summed E-state index contributed by atoms with van der Waals surface area (Å²) in [5.41, 5.74) is 1.01. The Hall–Kier alpha value is -1.00. The van der Waals surface area contributed by atoms with Gasteiger partial charge < -0.3 is 10.4 Å². The summed E-state index contributed by atoms with van der Waals surface area (Å²) in [6.45, 7) is 2.65. The molecule has 1 aromatic heterocycles. The lowest BCUT2D eigenvalue weighted by atomic mass is 9.89. The first-order chi connectivity index (χ1) is 6.74. The predicted octanol–water partition coefficient (Wildman–Crippen LogP) is 0.398. The van der Waals surface area contributed by atoms with E-state index in [1.54, 1.807) is 6.20 Å². The normalized spacial score (nSPS) is 25.9. The highest BCUT2D eigenvalue weighted by Crippen LogP contribution is 2.19. The molecule has 1 aliphatic rings. The molecule has 0 aliphatic heterocycles. The number of aromatic nitrogens is 2. The fourth-order valence-electron chi connectivity index (χ4n) is 1.61. The second-order valence-corrected chi connectivity index (χ2v) is 3.80. The summed E-state index contributed by atoms with van der Waals surface area (Å²) in [4.78, 5) is 8.32. The van der Waals surface area contributed by atoms with E-state index in [0.29, 0.717) is 6.04 Å². The average molecular weight is 193 g/mol. The van der Waals surface area contributed by atoms with Crippen LogP contribution in [0, 0.1) is 6.92 Å². The van der Waals surface area contributed by atoms with Crippen LogP contribution in [-0.2, 0) is 6.54 Å². The Balaban J connectivity index is 1.80. The lowest BCUT2D eigenvalue weighted by Gasteiger charge is -2.32. The summed E-state index contributed by atoms with van der Waals surface area (Å²) < 4.78 is 0. The van der Waals surface area contributed by atoms with Crippen molar-refractivity contribution >= 4 is 0 Å². The van der Waals surface area contributed by atoms with E-state index in [9.17, 15) is 0 Å². The second kappa shape index (κ2) is 4.02. The van der Waals surface area contributed by atoms with E-state index < -0.39 is 0 Å². The van der Waals surface area contributed by atoms with Gasteiger partial charge in [-0.05, 0) is 25.8 Å². The molecule has 1 aliphatic carbocycles. The number of rotatable bonds is 3. The van der Waals surface area contributed by atoms with Crippen LogP contribution in [0.1, 0.15) is 24.4 Å². The minimum Gasteiger partial charge on any atom is -0.393 e. The molecule has 0 bridgehead atoms. The summed E-state index contributed by atoms with van der Waals surface area (Å²) in [5.74, 6) is 0.804. The van der Waals surface area contributed by atoms with Gasteiger partial charge in [0.25, 0.3) is 0 Å². The molecular weight excluding hydrogens is 178 g/mol. The van der Waals surface area contributed by atoms with Crippen LogP contribution in [0.25, 0.3) is 0 Å². The van der Waals surface area contributed by atoms with Crippen LogP contribution in [0.2, 0.25) is 0 Å². The summed E-state index contributed by atoms with van der Waals surface area (Å²) in [6, 6.07) is 2.37. The van der Waals surface area contributed by atoms with Crippen LogP contribution in [0.3, 0.4) is 0 Å². The van der Waals surface area contributed by atoms with Crippen molar-refractivity contribution in [1.82, 2.24) is 15.3 Å². The molecule has 1 fully saturated rings. The molecule has 0 unspecified atom stereocenters. The molecule has 2 N–H and O–H groups in total. The van der Waals surface area contributed by atoms with Gasteiger partial charge >= 0.3 is 0 Å². The minimum atomic E-state index is -0.0976. The number of hydrogen-bond donors (Lipinski definition) is 2. The quantitative estimate of drug-likeness (QED) is 0.729. The lowest BCUT2D eigenvalue weighted by molar-refractivity contribution is 0.0618. The Kier molecular flexibility index (Phi) is 2.74. The summed E-state index contributed by atoms with van der Waals surface area (Å²) in [7, 11) is 0. The molecule has 1 heterocycles. The van der Waals surface area contributed by atoms with Gasteiger partial charge in [-0.3, -0.25) is 0 Å². The van der Waals surface area contributed by atoms with E-state index in [-0.39, 0.29) is 6.10 Å². The third kappa shape index (κ3) is 2.27. The van der Waals surface area contributed by atoms with Crippen LogP contribution >= 0.6 is 0 Å². The van der Waals surface area contributed by atoms with Gasteiger partial charge in [0, 0.05) is 18.8 Å². The smallest absolute Gasteiger partial charge is 0.125 e. The van der Waals surface area contributed by atoms with Crippen molar-refractivity contribution in [1.29, 1.82) is 0 Å². The third-order valence-corrected chi connectivity index (χ3v) is 2.52. The first kappa shape index (κ1) is 9.55. The van der Waals surface area contributed by atoms with E-state index in [2.05, 4.69) is 15.3 Å². The molecule has 0 spiro atoms. The number of nitrogens with zero attached hydrogens (tertiary/aromatic N) is 2. The number of hydrogen-bond acceptors (Lipinski definition) is 4. The summed E-state index contributed by atoms with van der Waals surface area (Å²) >= 11 is 0. The fourth-order valence-corrected chi connectivity index (χ4v) is 1.61. The van der Waals surface area contributed by atoms with Gasteiger partial charge in [0.1, 0.15) is 5.82 Å². The molecule has 0 aromatic carbocycles. The van der Waals surface area contributed by atoms with Crippen molar-refractivity contribution in [3.63, 3.8) is 0 Å². The minimum absolute atomic E-state index is 0.0976. The second-order valence-electron chi connectivity index (χ2n) is 3.80. The monoisotopic (exact) mass is 193 g/mol. The van der Waals surface area contributed by atoms with Crippen molar-refractivity contribution < 1.29 is 5.11 Å². The molecule has 1 saturated carbocycles. The van der Waals surface area contributed by atoms with Crippen LogP contribution in [0.5, 0.6) is 0 Å². The molecule has 0 saturated heterocycles. The highest BCUT2D eigenvalue weighted by atomic mass is 16.3. The standard InChI is InChI=1S/C10H15N3O/c1-7-11-3-2-8(13-7)6-12-9-4-10(14)5-9/h2-3,9-10,12,14H,4-6H2,1H3. The Morgan fingerprint density at radius 3 is 3.00 bits per heavy atom. The zero-order valence-electron chi connectivity index (χ0n) is 8.27. The molecule has 1 aromatic rings. The van der Waals surface area contributed by atoms with Gasteiger partial charge in [-0.2, -0.15) is 0 Å². The van der Waals surface area contributed by atoms with Crippen molar-refractivity contribution in [2.45, 2.75) is 38.5 Å².